The Kier molecular flexibility index (Phi) is 3.55. The van der Waals surface area contributed by atoms with Crippen molar-refractivity contribution in [1.82, 2.24) is 24.6 Å². The fourth-order valence-corrected chi connectivity index (χ4v) is 2.76. The molecule has 100 valence electrons. The summed E-state index contributed by atoms with van der Waals surface area (Å²) in [5, 5.41) is 8.21. The third-order valence-electron chi connectivity index (χ3n) is 3.85. The highest BCUT2D eigenvalue weighted by molar-refractivity contribution is 5.09. The molecule has 1 aliphatic rings. The van der Waals surface area contributed by atoms with Crippen LogP contribution >= 0.6 is 0 Å². The van der Waals surface area contributed by atoms with E-state index in [-0.39, 0.29) is 0 Å². The number of hydrogen-bond acceptors (Lipinski definition) is 4. The number of piperidine rings is 1. The molecule has 19 heavy (non-hydrogen) atoms. The first kappa shape index (κ1) is 12.3. The van der Waals surface area contributed by atoms with E-state index in [1.807, 2.05) is 24.0 Å². The van der Waals surface area contributed by atoms with E-state index in [1.54, 1.807) is 6.33 Å². The van der Waals surface area contributed by atoms with Crippen LogP contribution in [0.4, 0.5) is 0 Å². The third kappa shape index (κ3) is 2.81. The van der Waals surface area contributed by atoms with Crippen LogP contribution in [0.3, 0.4) is 0 Å². The average Bonchev–Trinajstić information content (AvgIpc) is 2.87. The first-order chi connectivity index (χ1) is 9.33. The molecule has 2 aromatic rings. The molecule has 1 aliphatic heterocycles. The molecule has 0 unspecified atom stereocenters. The number of nitrogens with zero attached hydrogens (tertiary/aromatic N) is 5. The van der Waals surface area contributed by atoms with Gasteiger partial charge < -0.3 is 4.57 Å². The van der Waals surface area contributed by atoms with Crippen LogP contribution in [0, 0.1) is 0 Å². The summed E-state index contributed by atoms with van der Waals surface area (Å²) in [7, 11) is 2.03. The molecule has 1 saturated heterocycles. The molecule has 5 nitrogen and oxygen atoms in total. The van der Waals surface area contributed by atoms with Crippen molar-refractivity contribution in [1.29, 1.82) is 0 Å². The van der Waals surface area contributed by atoms with Crippen LogP contribution in [-0.4, -0.2) is 37.7 Å². The first-order valence-corrected chi connectivity index (χ1v) is 6.78. The van der Waals surface area contributed by atoms with Gasteiger partial charge in [-0.2, -0.15) is 0 Å². The smallest absolute Gasteiger partial charge is 0.135 e. The predicted molar refractivity (Wildman–Crippen MR) is 72.5 cm³/mol. The standard InChI is InChI=1S/C14H19N5/c1-18-11-16-17-14(18)13-4-8-19(9-5-13)10-12-2-6-15-7-3-12/h2-3,6-7,11,13H,4-5,8-10H2,1H3. The Balaban J connectivity index is 1.57. The van der Waals surface area contributed by atoms with Crippen LogP contribution in [-0.2, 0) is 13.6 Å². The molecule has 0 aliphatic carbocycles. The molecule has 3 rings (SSSR count). The van der Waals surface area contributed by atoms with Gasteiger partial charge in [0, 0.05) is 31.9 Å². The largest absolute Gasteiger partial charge is 0.320 e. The van der Waals surface area contributed by atoms with Gasteiger partial charge in [-0.15, -0.1) is 10.2 Å². The Morgan fingerprint density at radius 1 is 1.21 bits per heavy atom. The van der Waals surface area contributed by atoms with E-state index in [0.29, 0.717) is 5.92 Å². The van der Waals surface area contributed by atoms with Crippen LogP contribution in [0.2, 0.25) is 0 Å². The molecule has 0 atom stereocenters. The summed E-state index contributed by atoms with van der Waals surface area (Å²) in [4.78, 5) is 6.56. The first-order valence-electron chi connectivity index (χ1n) is 6.78. The Hall–Kier alpha value is -1.75. The van der Waals surface area contributed by atoms with Gasteiger partial charge in [-0.05, 0) is 43.6 Å². The number of aromatic nitrogens is 4. The Labute approximate surface area is 113 Å². The zero-order valence-corrected chi connectivity index (χ0v) is 11.2. The topological polar surface area (TPSA) is 46.8 Å². The van der Waals surface area contributed by atoms with Crippen molar-refractivity contribution < 1.29 is 0 Å². The third-order valence-corrected chi connectivity index (χ3v) is 3.85. The highest BCUT2D eigenvalue weighted by Crippen LogP contribution is 2.26. The normalized spacial score (nSPS) is 17.7. The Bertz CT molecular complexity index is 514. The second-order valence-corrected chi connectivity index (χ2v) is 5.21. The second kappa shape index (κ2) is 5.48. The molecule has 0 radical (unpaired) electrons. The van der Waals surface area contributed by atoms with Crippen molar-refractivity contribution in [2.75, 3.05) is 13.1 Å². The molecule has 0 N–H and O–H groups in total. The van der Waals surface area contributed by atoms with Gasteiger partial charge in [0.15, 0.2) is 0 Å². The lowest BCUT2D eigenvalue weighted by Gasteiger charge is -2.31. The van der Waals surface area contributed by atoms with Crippen LogP contribution in [0.1, 0.15) is 30.1 Å². The average molecular weight is 257 g/mol. The molecule has 5 heteroatoms. The lowest BCUT2D eigenvalue weighted by molar-refractivity contribution is 0.200. The maximum Gasteiger partial charge on any atom is 0.135 e. The number of likely N-dealkylation sites (tertiary alicyclic amines) is 1. The van der Waals surface area contributed by atoms with Crippen LogP contribution in [0.15, 0.2) is 30.9 Å². The van der Waals surface area contributed by atoms with Crippen LogP contribution < -0.4 is 0 Å². The maximum atomic E-state index is 4.23. The summed E-state index contributed by atoms with van der Waals surface area (Å²) in [6, 6.07) is 4.18. The fourth-order valence-electron chi connectivity index (χ4n) is 2.76. The van der Waals surface area contributed by atoms with E-state index in [4.69, 9.17) is 0 Å². The molecule has 1 fully saturated rings. The molecule has 0 spiro atoms. The zero-order chi connectivity index (χ0) is 13.1. The summed E-state index contributed by atoms with van der Waals surface area (Å²) in [6.07, 6.45) is 7.84. The second-order valence-electron chi connectivity index (χ2n) is 5.21. The van der Waals surface area contributed by atoms with Gasteiger partial charge in [-0.1, -0.05) is 0 Å². The summed E-state index contributed by atoms with van der Waals surface area (Å²) in [5.41, 5.74) is 1.34. The van der Waals surface area contributed by atoms with Gasteiger partial charge in [0.1, 0.15) is 12.2 Å². The number of rotatable bonds is 3. The van der Waals surface area contributed by atoms with Gasteiger partial charge in [-0.3, -0.25) is 9.88 Å². The lowest BCUT2D eigenvalue weighted by atomic mass is 9.95. The lowest BCUT2D eigenvalue weighted by Crippen LogP contribution is -2.33. The quantitative estimate of drug-likeness (QED) is 0.837. The van der Waals surface area contributed by atoms with Gasteiger partial charge in [0.25, 0.3) is 0 Å². The van der Waals surface area contributed by atoms with Gasteiger partial charge >= 0.3 is 0 Å². The van der Waals surface area contributed by atoms with Crippen molar-refractivity contribution in [2.24, 2.45) is 7.05 Å². The van der Waals surface area contributed by atoms with Crippen molar-refractivity contribution in [3.05, 3.63) is 42.2 Å². The minimum absolute atomic E-state index is 0.557. The van der Waals surface area contributed by atoms with Crippen molar-refractivity contribution in [3.8, 4) is 0 Å². The van der Waals surface area contributed by atoms with E-state index in [1.165, 1.54) is 5.56 Å². The minimum atomic E-state index is 0.557. The molecule has 0 saturated carbocycles. The SMILES string of the molecule is Cn1cnnc1C1CCN(Cc2ccncc2)CC1. The Morgan fingerprint density at radius 2 is 1.95 bits per heavy atom. The van der Waals surface area contributed by atoms with Crippen LogP contribution in [0.25, 0.3) is 0 Å². The minimum Gasteiger partial charge on any atom is -0.320 e. The summed E-state index contributed by atoms with van der Waals surface area (Å²) in [5.74, 6) is 1.68. The van der Waals surface area contributed by atoms with Crippen LogP contribution in [0.5, 0.6) is 0 Å². The maximum absolute atomic E-state index is 4.23. The molecule has 0 bridgehead atoms. The zero-order valence-electron chi connectivity index (χ0n) is 11.2. The summed E-state index contributed by atoms with van der Waals surface area (Å²) >= 11 is 0. The molecule has 0 amide bonds. The van der Waals surface area contributed by atoms with E-state index >= 15 is 0 Å². The highest BCUT2D eigenvalue weighted by Gasteiger charge is 2.23. The number of aryl methyl sites for hydroxylation is 1. The summed E-state index contributed by atoms with van der Waals surface area (Å²) < 4.78 is 2.04. The van der Waals surface area contributed by atoms with E-state index in [0.717, 1.165) is 38.3 Å². The molecule has 3 heterocycles. The Morgan fingerprint density at radius 3 is 2.58 bits per heavy atom. The molecule has 0 aromatic carbocycles. The number of pyridine rings is 1. The fraction of sp³-hybridized carbons (Fsp3) is 0.500. The molecular weight excluding hydrogens is 238 g/mol. The molecule has 2 aromatic heterocycles. The number of hydrogen-bond donors (Lipinski definition) is 0. The van der Waals surface area contributed by atoms with Crippen molar-refractivity contribution in [2.45, 2.75) is 25.3 Å². The molecular formula is C14H19N5. The van der Waals surface area contributed by atoms with Crippen molar-refractivity contribution in [3.63, 3.8) is 0 Å². The van der Waals surface area contributed by atoms with Gasteiger partial charge in [0.2, 0.25) is 0 Å². The monoisotopic (exact) mass is 257 g/mol. The summed E-state index contributed by atoms with van der Waals surface area (Å²) in [6.45, 7) is 3.27. The van der Waals surface area contributed by atoms with E-state index < -0.39 is 0 Å². The van der Waals surface area contributed by atoms with E-state index in [2.05, 4.69) is 32.2 Å². The van der Waals surface area contributed by atoms with Gasteiger partial charge in [-0.25, -0.2) is 0 Å². The van der Waals surface area contributed by atoms with Gasteiger partial charge in [0.05, 0.1) is 0 Å². The van der Waals surface area contributed by atoms with Crippen molar-refractivity contribution >= 4 is 0 Å². The highest BCUT2D eigenvalue weighted by atomic mass is 15.3. The predicted octanol–water partition coefficient (Wildman–Crippen LogP) is 1.59. The van der Waals surface area contributed by atoms with E-state index in [9.17, 15) is 0 Å².